The lowest BCUT2D eigenvalue weighted by Crippen LogP contribution is -2.41. The highest BCUT2D eigenvalue weighted by Crippen LogP contribution is 2.28. The average molecular weight is 352 g/mol. The first-order chi connectivity index (χ1) is 12.7. The van der Waals surface area contributed by atoms with Gasteiger partial charge in [-0.05, 0) is 17.7 Å². The van der Waals surface area contributed by atoms with Crippen molar-refractivity contribution in [3.05, 3.63) is 69.8 Å². The van der Waals surface area contributed by atoms with Gasteiger partial charge in [-0.3, -0.25) is 15.0 Å². The van der Waals surface area contributed by atoms with E-state index in [1.165, 1.54) is 6.07 Å². The SMILES string of the molecule is N#Cc1ccc(NCC(c2ccccc2)N2CCOCC2)c([N+](=O)[O-])c1. The Morgan fingerprint density at radius 3 is 2.62 bits per heavy atom. The summed E-state index contributed by atoms with van der Waals surface area (Å²) >= 11 is 0. The third-order valence-corrected chi connectivity index (χ3v) is 4.48. The molecule has 0 aromatic heterocycles. The minimum atomic E-state index is -0.463. The molecule has 2 aromatic carbocycles. The van der Waals surface area contributed by atoms with E-state index in [-0.39, 0.29) is 17.3 Å². The van der Waals surface area contributed by atoms with Crippen LogP contribution in [0.15, 0.2) is 48.5 Å². The van der Waals surface area contributed by atoms with E-state index in [1.807, 2.05) is 24.3 Å². The number of hydrogen-bond acceptors (Lipinski definition) is 6. The lowest BCUT2D eigenvalue weighted by atomic mass is 10.0. The molecule has 2 aromatic rings. The van der Waals surface area contributed by atoms with Crippen LogP contribution in [0.4, 0.5) is 11.4 Å². The van der Waals surface area contributed by atoms with Crippen molar-refractivity contribution in [1.82, 2.24) is 4.90 Å². The number of morpholine rings is 1. The first kappa shape index (κ1) is 17.9. The molecule has 0 radical (unpaired) electrons. The third kappa shape index (κ3) is 4.17. The van der Waals surface area contributed by atoms with Crippen LogP contribution < -0.4 is 5.32 Å². The largest absolute Gasteiger partial charge is 0.379 e. The Morgan fingerprint density at radius 1 is 1.23 bits per heavy atom. The van der Waals surface area contributed by atoms with Gasteiger partial charge in [-0.25, -0.2) is 0 Å². The molecular formula is C19H20N4O3. The molecule has 1 unspecified atom stereocenters. The van der Waals surface area contributed by atoms with Crippen LogP contribution in [0.25, 0.3) is 0 Å². The maximum Gasteiger partial charge on any atom is 0.293 e. The molecular weight excluding hydrogens is 332 g/mol. The molecule has 0 bridgehead atoms. The van der Waals surface area contributed by atoms with Gasteiger partial charge in [-0.2, -0.15) is 5.26 Å². The van der Waals surface area contributed by atoms with Gasteiger partial charge in [0.1, 0.15) is 5.69 Å². The monoisotopic (exact) mass is 352 g/mol. The van der Waals surface area contributed by atoms with Crippen molar-refractivity contribution in [1.29, 1.82) is 5.26 Å². The predicted octanol–water partition coefficient (Wildman–Crippen LogP) is 2.95. The standard InChI is InChI=1S/C19H20N4O3/c20-13-15-6-7-17(18(12-15)23(24)25)21-14-19(16-4-2-1-3-5-16)22-8-10-26-11-9-22/h1-7,12,19,21H,8-11,14H2. The molecule has 0 saturated carbocycles. The van der Waals surface area contributed by atoms with Crippen molar-refractivity contribution in [2.24, 2.45) is 0 Å². The van der Waals surface area contributed by atoms with E-state index in [0.29, 0.717) is 25.4 Å². The minimum Gasteiger partial charge on any atom is -0.379 e. The Hall–Kier alpha value is -2.95. The van der Waals surface area contributed by atoms with Gasteiger partial charge in [-0.1, -0.05) is 30.3 Å². The summed E-state index contributed by atoms with van der Waals surface area (Å²) in [6.45, 7) is 3.52. The maximum atomic E-state index is 11.3. The van der Waals surface area contributed by atoms with Gasteiger partial charge in [-0.15, -0.1) is 0 Å². The molecule has 1 saturated heterocycles. The van der Waals surface area contributed by atoms with Gasteiger partial charge in [0.2, 0.25) is 0 Å². The fraction of sp³-hybridized carbons (Fsp3) is 0.316. The summed E-state index contributed by atoms with van der Waals surface area (Å²) < 4.78 is 5.44. The first-order valence-electron chi connectivity index (χ1n) is 8.48. The van der Waals surface area contributed by atoms with Crippen LogP contribution in [-0.4, -0.2) is 42.7 Å². The highest BCUT2D eigenvalue weighted by atomic mass is 16.6. The Bertz CT molecular complexity index is 798. The predicted molar refractivity (Wildman–Crippen MR) is 97.9 cm³/mol. The zero-order valence-corrected chi connectivity index (χ0v) is 14.3. The van der Waals surface area contributed by atoms with Crippen LogP contribution in [0.3, 0.4) is 0 Å². The van der Waals surface area contributed by atoms with Crippen molar-refractivity contribution in [3.63, 3.8) is 0 Å². The Balaban J connectivity index is 1.82. The summed E-state index contributed by atoms with van der Waals surface area (Å²) in [6.07, 6.45) is 0. The number of nitriles is 1. The second kappa shape index (κ2) is 8.43. The molecule has 1 aliphatic rings. The summed E-state index contributed by atoms with van der Waals surface area (Å²) in [5.74, 6) is 0. The van der Waals surface area contributed by atoms with Gasteiger partial charge in [0, 0.05) is 25.7 Å². The minimum absolute atomic E-state index is 0.0790. The maximum absolute atomic E-state index is 11.3. The summed E-state index contributed by atoms with van der Waals surface area (Å²) in [4.78, 5) is 13.2. The molecule has 26 heavy (non-hydrogen) atoms. The van der Waals surface area contributed by atoms with Crippen LogP contribution in [0.5, 0.6) is 0 Å². The molecule has 7 heteroatoms. The number of nitrogens with zero attached hydrogens (tertiary/aromatic N) is 3. The fourth-order valence-electron chi connectivity index (χ4n) is 3.13. The van der Waals surface area contributed by atoms with Crippen LogP contribution in [0.1, 0.15) is 17.2 Å². The van der Waals surface area contributed by atoms with Gasteiger partial charge in [0.15, 0.2) is 0 Å². The molecule has 134 valence electrons. The molecule has 1 N–H and O–H groups in total. The molecule has 1 heterocycles. The molecule has 3 rings (SSSR count). The molecule has 0 spiro atoms. The van der Waals surface area contributed by atoms with Crippen molar-refractivity contribution < 1.29 is 9.66 Å². The zero-order chi connectivity index (χ0) is 18.4. The first-order valence-corrected chi connectivity index (χ1v) is 8.48. The Kier molecular flexibility index (Phi) is 5.79. The number of hydrogen-bond donors (Lipinski definition) is 1. The van der Waals surface area contributed by atoms with E-state index < -0.39 is 4.92 Å². The smallest absolute Gasteiger partial charge is 0.293 e. The van der Waals surface area contributed by atoms with Crippen LogP contribution in [0.2, 0.25) is 0 Å². The van der Waals surface area contributed by atoms with E-state index in [9.17, 15) is 10.1 Å². The van der Waals surface area contributed by atoms with E-state index in [0.717, 1.165) is 18.7 Å². The number of ether oxygens (including phenoxy) is 1. The molecule has 1 atom stereocenters. The van der Waals surface area contributed by atoms with Crippen LogP contribution in [0, 0.1) is 21.4 Å². The highest BCUT2D eigenvalue weighted by molar-refractivity contribution is 5.64. The summed E-state index contributed by atoms with van der Waals surface area (Å²) in [5, 5.41) is 23.5. The van der Waals surface area contributed by atoms with E-state index >= 15 is 0 Å². The van der Waals surface area contributed by atoms with E-state index in [1.54, 1.807) is 12.1 Å². The quantitative estimate of drug-likeness (QED) is 0.635. The molecule has 1 aliphatic heterocycles. The number of rotatable bonds is 6. The molecule has 0 amide bonds. The van der Waals surface area contributed by atoms with E-state index in [4.69, 9.17) is 10.00 Å². The molecule has 1 fully saturated rings. The third-order valence-electron chi connectivity index (χ3n) is 4.48. The van der Waals surface area contributed by atoms with E-state index in [2.05, 4.69) is 22.3 Å². The number of benzene rings is 2. The molecule has 0 aliphatic carbocycles. The average Bonchev–Trinajstić information content (AvgIpc) is 2.69. The topological polar surface area (TPSA) is 91.4 Å². The second-order valence-corrected chi connectivity index (χ2v) is 6.06. The number of nitro groups is 1. The van der Waals surface area contributed by atoms with Crippen LogP contribution in [-0.2, 0) is 4.74 Å². The molecule has 7 nitrogen and oxygen atoms in total. The van der Waals surface area contributed by atoms with Crippen molar-refractivity contribution in [2.45, 2.75) is 6.04 Å². The van der Waals surface area contributed by atoms with Gasteiger partial charge in [0.25, 0.3) is 5.69 Å². The lowest BCUT2D eigenvalue weighted by Gasteiger charge is -2.35. The fourth-order valence-corrected chi connectivity index (χ4v) is 3.13. The lowest BCUT2D eigenvalue weighted by molar-refractivity contribution is -0.384. The highest BCUT2D eigenvalue weighted by Gasteiger charge is 2.23. The Labute approximate surface area is 152 Å². The van der Waals surface area contributed by atoms with Crippen molar-refractivity contribution in [3.8, 4) is 6.07 Å². The van der Waals surface area contributed by atoms with Gasteiger partial charge in [0.05, 0.1) is 35.8 Å². The van der Waals surface area contributed by atoms with Crippen molar-refractivity contribution in [2.75, 3.05) is 38.2 Å². The number of nitro benzene ring substituents is 1. The van der Waals surface area contributed by atoms with Crippen molar-refractivity contribution >= 4 is 11.4 Å². The van der Waals surface area contributed by atoms with Gasteiger partial charge >= 0.3 is 0 Å². The van der Waals surface area contributed by atoms with Crippen LogP contribution >= 0.6 is 0 Å². The normalized spacial score (nSPS) is 15.8. The summed E-state index contributed by atoms with van der Waals surface area (Å²) in [5.41, 5.74) is 1.76. The summed E-state index contributed by atoms with van der Waals surface area (Å²) in [7, 11) is 0. The Morgan fingerprint density at radius 2 is 1.96 bits per heavy atom. The number of nitrogens with one attached hydrogen (secondary N) is 1. The summed E-state index contributed by atoms with van der Waals surface area (Å²) in [6, 6.07) is 16.6. The van der Waals surface area contributed by atoms with Gasteiger partial charge < -0.3 is 10.1 Å². The number of anilines is 1. The zero-order valence-electron chi connectivity index (χ0n) is 14.3. The second-order valence-electron chi connectivity index (χ2n) is 6.06.